The number of benzene rings is 1. The van der Waals surface area contributed by atoms with Gasteiger partial charge in [-0.25, -0.2) is 0 Å². The van der Waals surface area contributed by atoms with E-state index in [9.17, 15) is 0 Å². The number of anilines is 2. The summed E-state index contributed by atoms with van der Waals surface area (Å²) in [6, 6.07) is 13.3. The Morgan fingerprint density at radius 3 is 2.80 bits per heavy atom. The number of aromatic nitrogens is 1. The molecule has 0 saturated carbocycles. The predicted octanol–water partition coefficient (Wildman–Crippen LogP) is 2.56. The van der Waals surface area contributed by atoms with Crippen LogP contribution in [0.2, 0.25) is 0 Å². The van der Waals surface area contributed by atoms with Crippen molar-refractivity contribution in [3.05, 3.63) is 42.5 Å². The minimum Gasteiger partial charge on any atom is -0.492 e. The summed E-state index contributed by atoms with van der Waals surface area (Å²) in [4.78, 5) is 4.36. The van der Waals surface area contributed by atoms with Gasteiger partial charge in [-0.2, -0.15) is 4.98 Å². The van der Waals surface area contributed by atoms with Crippen LogP contribution in [0, 0.1) is 0 Å². The van der Waals surface area contributed by atoms with Crippen molar-refractivity contribution in [2.75, 3.05) is 25.1 Å². The molecule has 0 unspecified atom stereocenters. The average Bonchev–Trinajstić information content (AvgIpc) is 2.46. The summed E-state index contributed by atoms with van der Waals surface area (Å²) in [6.45, 7) is 3.52. The lowest BCUT2D eigenvalue weighted by atomic mass is 10.3. The highest BCUT2D eigenvalue weighted by Crippen LogP contribution is 2.21. The molecule has 3 N–H and O–H groups in total. The summed E-state index contributed by atoms with van der Waals surface area (Å²) < 4.78 is 10.9. The zero-order valence-corrected chi connectivity index (χ0v) is 11.5. The first kappa shape index (κ1) is 14.1. The fourth-order valence-electron chi connectivity index (χ4n) is 1.70. The molecule has 106 valence electrons. The highest BCUT2D eigenvalue weighted by Gasteiger charge is 2.00. The molecule has 0 atom stereocenters. The molecule has 1 aromatic carbocycles. The highest BCUT2D eigenvalue weighted by molar-refractivity contribution is 5.58. The second-order valence-electron chi connectivity index (χ2n) is 4.08. The zero-order chi connectivity index (χ0) is 14.2. The molecule has 0 aliphatic rings. The monoisotopic (exact) mass is 273 g/mol. The van der Waals surface area contributed by atoms with E-state index in [0.29, 0.717) is 25.6 Å². The molecule has 0 aliphatic heterocycles. The third-order valence-electron chi connectivity index (χ3n) is 2.51. The number of hydrogen-bond donors (Lipinski definition) is 2. The first-order valence-electron chi connectivity index (χ1n) is 6.61. The molecule has 5 nitrogen and oxygen atoms in total. The Hall–Kier alpha value is -2.27. The maximum atomic E-state index is 5.49. The van der Waals surface area contributed by atoms with Gasteiger partial charge < -0.3 is 20.5 Å². The third kappa shape index (κ3) is 4.13. The molecule has 0 saturated heterocycles. The topological polar surface area (TPSA) is 69.4 Å². The van der Waals surface area contributed by atoms with Crippen LogP contribution in [0.15, 0.2) is 42.5 Å². The molecule has 1 aromatic heterocycles. The summed E-state index contributed by atoms with van der Waals surface area (Å²) in [7, 11) is 0. The van der Waals surface area contributed by atoms with Gasteiger partial charge in [0, 0.05) is 24.4 Å². The van der Waals surface area contributed by atoms with Crippen LogP contribution in [0.25, 0.3) is 0 Å². The second-order valence-corrected chi connectivity index (χ2v) is 4.08. The van der Waals surface area contributed by atoms with E-state index >= 15 is 0 Å². The van der Waals surface area contributed by atoms with E-state index in [0.717, 1.165) is 17.3 Å². The number of pyridine rings is 1. The van der Waals surface area contributed by atoms with E-state index in [1.54, 1.807) is 0 Å². The summed E-state index contributed by atoms with van der Waals surface area (Å²) in [6.07, 6.45) is 0. The van der Waals surface area contributed by atoms with E-state index in [2.05, 4.69) is 10.3 Å². The highest BCUT2D eigenvalue weighted by atomic mass is 16.5. The first-order chi connectivity index (χ1) is 9.81. The van der Waals surface area contributed by atoms with E-state index in [4.69, 9.17) is 15.2 Å². The van der Waals surface area contributed by atoms with Crippen molar-refractivity contribution in [2.45, 2.75) is 6.92 Å². The van der Waals surface area contributed by atoms with Crippen molar-refractivity contribution < 1.29 is 9.47 Å². The molecule has 2 aromatic rings. The molecule has 0 spiro atoms. The van der Waals surface area contributed by atoms with Crippen LogP contribution in [0.5, 0.6) is 11.6 Å². The lowest BCUT2D eigenvalue weighted by molar-refractivity contribution is 0.327. The van der Waals surface area contributed by atoms with Crippen LogP contribution in [-0.4, -0.2) is 24.7 Å². The van der Waals surface area contributed by atoms with E-state index in [1.807, 2.05) is 49.4 Å². The van der Waals surface area contributed by atoms with E-state index < -0.39 is 0 Å². The maximum Gasteiger partial charge on any atom is 0.215 e. The Morgan fingerprint density at radius 2 is 2.00 bits per heavy atom. The van der Waals surface area contributed by atoms with E-state index in [1.165, 1.54) is 0 Å². The molecule has 5 heteroatoms. The van der Waals surface area contributed by atoms with Crippen molar-refractivity contribution in [1.29, 1.82) is 0 Å². The Bertz CT molecular complexity index is 546. The van der Waals surface area contributed by atoms with Gasteiger partial charge >= 0.3 is 0 Å². The molecular formula is C15H19N3O2. The Morgan fingerprint density at radius 1 is 1.15 bits per heavy atom. The van der Waals surface area contributed by atoms with Crippen LogP contribution < -0.4 is 20.5 Å². The number of rotatable bonds is 7. The van der Waals surface area contributed by atoms with Gasteiger partial charge in [-0.1, -0.05) is 12.1 Å². The Kier molecular flexibility index (Phi) is 5.20. The van der Waals surface area contributed by atoms with Crippen molar-refractivity contribution in [3.63, 3.8) is 0 Å². The molecule has 20 heavy (non-hydrogen) atoms. The largest absolute Gasteiger partial charge is 0.492 e. The van der Waals surface area contributed by atoms with Gasteiger partial charge in [-0.3, -0.25) is 0 Å². The Labute approximate surface area is 118 Å². The minimum atomic E-state index is 0.496. The lowest BCUT2D eigenvalue weighted by Gasteiger charge is -2.10. The van der Waals surface area contributed by atoms with Gasteiger partial charge in [-0.05, 0) is 25.1 Å². The van der Waals surface area contributed by atoms with Crippen molar-refractivity contribution >= 4 is 11.5 Å². The third-order valence-corrected chi connectivity index (χ3v) is 2.51. The van der Waals surface area contributed by atoms with Gasteiger partial charge in [0.1, 0.15) is 18.2 Å². The van der Waals surface area contributed by atoms with Gasteiger partial charge in [0.15, 0.2) is 0 Å². The predicted molar refractivity (Wildman–Crippen MR) is 79.7 cm³/mol. The molecule has 0 fully saturated rings. The van der Waals surface area contributed by atoms with Gasteiger partial charge in [0.05, 0.1) is 6.61 Å². The van der Waals surface area contributed by atoms with E-state index in [-0.39, 0.29) is 0 Å². The van der Waals surface area contributed by atoms with Crippen LogP contribution in [0.4, 0.5) is 11.5 Å². The molecule has 1 heterocycles. The number of ether oxygens (including phenoxy) is 2. The molecule has 2 rings (SSSR count). The molecule has 0 radical (unpaired) electrons. The summed E-state index contributed by atoms with van der Waals surface area (Å²) >= 11 is 0. The first-order valence-corrected chi connectivity index (χ1v) is 6.61. The van der Waals surface area contributed by atoms with Crippen LogP contribution in [0.1, 0.15) is 6.92 Å². The average molecular weight is 273 g/mol. The molecule has 0 bridgehead atoms. The number of hydrogen-bond acceptors (Lipinski definition) is 5. The fraction of sp³-hybridized carbons (Fsp3) is 0.267. The van der Waals surface area contributed by atoms with Crippen molar-refractivity contribution in [1.82, 2.24) is 4.98 Å². The maximum absolute atomic E-state index is 5.49. The van der Waals surface area contributed by atoms with Gasteiger partial charge in [0.2, 0.25) is 5.88 Å². The Balaban J connectivity index is 2.07. The quantitative estimate of drug-likeness (QED) is 0.811. The van der Waals surface area contributed by atoms with Crippen molar-refractivity contribution in [3.8, 4) is 11.6 Å². The lowest BCUT2D eigenvalue weighted by Crippen LogP contribution is -2.10. The fourth-order valence-corrected chi connectivity index (χ4v) is 1.70. The van der Waals surface area contributed by atoms with Crippen LogP contribution in [0.3, 0.4) is 0 Å². The van der Waals surface area contributed by atoms with Crippen LogP contribution in [-0.2, 0) is 0 Å². The molecule has 0 amide bonds. The normalized spacial score (nSPS) is 10.1. The minimum absolute atomic E-state index is 0.496. The number of nitrogens with one attached hydrogen (secondary N) is 1. The standard InChI is InChI=1S/C15H19N3O2/c1-2-19-15-8-4-7-14(18-15)17-12-5-3-6-13(11-12)20-10-9-16/h3-8,11H,2,9-10,16H2,1H3,(H,17,18). The van der Waals surface area contributed by atoms with Gasteiger partial charge in [-0.15, -0.1) is 0 Å². The van der Waals surface area contributed by atoms with Crippen LogP contribution >= 0.6 is 0 Å². The number of nitrogens with two attached hydrogens (primary N) is 1. The molecule has 0 aliphatic carbocycles. The molecular weight excluding hydrogens is 254 g/mol. The van der Waals surface area contributed by atoms with Gasteiger partial charge in [0.25, 0.3) is 0 Å². The number of nitrogens with zero attached hydrogens (tertiary/aromatic N) is 1. The zero-order valence-electron chi connectivity index (χ0n) is 11.5. The summed E-state index contributed by atoms with van der Waals surface area (Å²) in [5.74, 6) is 2.11. The van der Waals surface area contributed by atoms with Crippen molar-refractivity contribution in [2.24, 2.45) is 5.73 Å². The second kappa shape index (κ2) is 7.35. The smallest absolute Gasteiger partial charge is 0.215 e. The summed E-state index contributed by atoms with van der Waals surface area (Å²) in [5.41, 5.74) is 6.32. The SMILES string of the molecule is CCOc1cccc(Nc2cccc(OCCN)c2)n1. The summed E-state index contributed by atoms with van der Waals surface area (Å²) in [5, 5.41) is 3.22.